The van der Waals surface area contributed by atoms with Gasteiger partial charge in [0.2, 0.25) is 0 Å². The van der Waals surface area contributed by atoms with Gasteiger partial charge in [-0.2, -0.15) is 0 Å². The van der Waals surface area contributed by atoms with Crippen molar-refractivity contribution in [1.82, 2.24) is 9.55 Å². The minimum Gasteiger partial charge on any atom is -0.495 e. The molecule has 3 rings (SSSR count). The summed E-state index contributed by atoms with van der Waals surface area (Å²) >= 11 is 0. The number of anilines is 1. The van der Waals surface area contributed by atoms with Crippen LogP contribution in [0.2, 0.25) is 0 Å². The Labute approximate surface area is 165 Å². The minimum atomic E-state index is -0.649. The Morgan fingerprint density at radius 2 is 2.00 bits per heavy atom. The van der Waals surface area contributed by atoms with E-state index in [9.17, 15) is 19.7 Å². The standard InChI is InChI=1S/C19H18N4O6/c1-12-20-14-5-3-4-6-16(14)22(12)10-19(25)29-11-18(24)21-15-9-13(23(26)27)7-8-17(15)28-2/h3-9H,10-11H2,1-2H3,(H,21,24). The Hall–Kier alpha value is -3.95. The first-order chi connectivity index (χ1) is 13.9. The molecule has 10 heteroatoms. The minimum absolute atomic E-state index is 0.0975. The van der Waals surface area contributed by atoms with Crippen molar-refractivity contribution in [2.75, 3.05) is 19.0 Å². The molecule has 0 saturated carbocycles. The third kappa shape index (κ3) is 4.49. The van der Waals surface area contributed by atoms with Crippen LogP contribution in [0, 0.1) is 17.0 Å². The van der Waals surface area contributed by atoms with E-state index in [1.807, 2.05) is 24.3 Å². The number of nitro groups is 1. The Morgan fingerprint density at radius 1 is 1.24 bits per heavy atom. The van der Waals surface area contributed by atoms with E-state index < -0.39 is 23.4 Å². The molecule has 1 amide bonds. The van der Waals surface area contributed by atoms with E-state index in [-0.39, 0.29) is 23.7 Å². The first-order valence-electron chi connectivity index (χ1n) is 8.59. The molecule has 0 fully saturated rings. The lowest BCUT2D eigenvalue weighted by Gasteiger charge is -2.11. The van der Waals surface area contributed by atoms with Crippen LogP contribution in [0.5, 0.6) is 5.75 Å². The molecule has 0 aliphatic rings. The number of nitro benzene ring substituents is 1. The summed E-state index contributed by atoms with van der Waals surface area (Å²) in [6.45, 7) is 1.13. The number of benzene rings is 2. The van der Waals surface area contributed by atoms with Crippen molar-refractivity contribution in [1.29, 1.82) is 0 Å². The number of nitrogens with one attached hydrogen (secondary N) is 1. The number of methoxy groups -OCH3 is 1. The van der Waals surface area contributed by atoms with Crippen molar-refractivity contribution < 1.29 is 24.0 Å². The molecule has 1 heterocycles. The fraction of sp³-hybridized carbons (Fsp3) is 0.211. The third-order valence-electron chi connectivity index (χ3n) is 4.16. The lowest BCUT2D eigenvalue weighted by atomic mass is 10.2. The molecule has 29 heavy (non-hydrogen) atoms. The summed E-state index contributed by atoms with van der Waals surface area (Å²) in [4.78, 5) is 39.0. The zero-order valence-electron chi connectivity index (χ0n) is 15.7. The highest BCUT2D eigenvalue weighted by Crippen LogP contribution is 2.28. The number of para-hydroxylation sites is 2. The molecule has 0 aliphatic carbocycles. The normalized spacial score (nSPS) is 10.6. The van der Waals surface area contributed by atoms with Gasteiger partial charge < -0.3 is 19.4 Å². The van der Waals surface area contributed by atoms with Crippen LogP contribution in [0.4, 0.5) is 11.4 Å². The second-order valence-corrected chi connectivity index (χ2v) is 6.08. The van der Waals surface area contributed by atoms with Crippen LogP contribution in [0.15, 0.2) is 42.5 Å². The molecular formula is C19H18N4O6. The van der Waals surface area contributed by atoms with Gasteiger partial charge in [-0.05, 0) is 25.1 Å². The van der Waals surface area contributed by atoms with Gasteiger partial charge in [0, 0.05) is 12.1 Å². The summed E-state index contributed by atoms with van der Waals surface area (Å²) in [5.41, 5.74) is 1.45. The molecular weight excluding hydrogens is 380 g/mol. The van der Waals surface area contributed by atoms with Crippen molar-refractivity contribution in [2.24, 2.45) is 0 Å². The maximum absolute atomic E-state index is 12.2. The fourth-order valence-electron chi connectivity index (χ4n) is 2.81. The molecule has 0 bridgehead atoms. The number of hydrogen-bond acceptors (Lipinski definition) is 7. The zero-order valence-corrected chi connectivity index (χ0v) is 15.7. The molecule has 0 saturated heterocycles. The molecule has 150 valence electrons. The number of rotatable bonds is 7. The lowest BCUT2D eigenvalue weighted by molar-refractivity contribution is -0.384. The number of ether oxygens (including phenoxy) is 2. The quantitative estimate of drug-likeness (QED) is 0.368. The van der Waals surface area contributed by atoms with Gasteiger partial charge in [0.1, 0.15) is 18.1 Å². The second-order valence-electron chi connectivity index (χ2n) is 6.08. The lowest BCUT2D eigenvalue weighted by Crippen LogP contribution is -2.23. The van der Waals surface area contributed by atoms with Gasteiger partial charge in [0.25, 0.3) is 11.6 Å². The van der Waals surface area contributed by atoms with Crippen molar-refractivity contribution in [3.63, 3.8) is 0 Å². The van der Waals surface area contributed by atoms with Gasteiger partial charge in [-0.25, -0.2) is 4.98 Å². The zero-order chi connectivity index (χ0) is 21.0. The van der Waals surface area contributed by atoms with Crippen LogP contribution < -0.4 is 10.1 Å². The maximum atomic E-state index is 12.2. The highest BCUT2D eigenvalue weighted by Gasteiger charge is 2.16. The van der Waals surface area contributed by atoms with Gasteiger partial charge in [0.15, 0.2) is 6.61 Å². The van der Waals surface area contributed by atoms with E-state index in [0.717, 1.165) is 11.0 Å². The number of non-ortho nitro benzene ring substituents is 1. The topological polar surface area (TPSA) is 126 Å². The average molecular weight is 398 g/mol. The second kappa shape index (κ2) is 8.38. The predicted molar refractivity (Wildman–Crippen MR) is 104 cm³/mol. The maximum Gasteiger partial charge on any atom is 0.326 e. The summed E-state index contributed by atoms with van der Waals surface area (Å²) in [6.07, 6.45) is 0. The summed E-state index contributed by atoms with van der Waals surface area (Å²) in [6, 6.07) is 11.2. The highest BCUT2D eigenvalue weighted by molar-refractivity contribution is 5.94. The number of carbonyl (C=O) groups is 2. The van der Waals surface area contributed by atoms with Gasteiger partial charge >= 0.3 is 5.97 Å². The summed E-state index contributed by atoms with van der Waals surface area (Å²) < 4.78 is 11.8. The molecule has 0 atom stereocenters. The van der Waals surface area contributed by atoms with Crippen LogP contribution >= 0.6 is 0 Å². The van der Waals surface area contributed by atoms with Crippen molar-refractivity contribution in [2.45, 2.75) is 13.5 Å². The van der Waals surface area contributed by atoms with Gasteiger partial charge in [-0.3, -0.25) is 19.7 Å². The Morgan fingerprint density at radius 3 is 2.72 bits per heavy atom. The third-order valence-corrected chi connectivity index (χ3v) is 4.16. The Bertz CT molecular complexity index is 1090. The molecule has 0 unspecified atom stereocenters. The average Bonchev–Trinajstić information content (AvgIpc) is 3.01. The van der Waals surface area contributed by atoms with E-state index in [0.29, 0.717) is 5.82 Å². The number of esters is 1. The van der Waals surface area contributed by atoms with E-state index >= 15 is 0 Å². The molecule has 0 spiro atoms. The monoisotopic (exact) mass is 398 g/mol. The molecule has 10 nitrogen and oxygen atoms in total. The molecule has 0 radical (unpaired) electrons. The largest absolute Gasteiger partial charge is 0.495 e. The van der Waals surface area contributed by atoms with Crippen molar-refractivity contribution in [3.05, 3.63) is 58.4 Å². The van der Waals surface area contributed by atoms with Crippen LogP contribution in [0.1, 0.15) is 5.82 Å². The highest BCUT2D eigenvalue weighted by atomic mass is 16.6. The predicted octanol–water partition coefficient (Wildman–Crippen LogP) is 2.44. The van der Waals surface area contributed by atoms with Crippen LogP contribution in [0.25, 0.3) is 11.0 Å². The number of hydrogen-bond donors (Lipinski definition) is 1. The fourth-order valence-corrected chi connectivity index (χ4v) is 2.81. The van der Waals surface area contributed by atoms with Gasteiger partial charge in [-0.1, -0.05) is 12.1 Å². The number of imidazole rings is 1. The number of aromatic nitrogens is 2. The number of aryl methyl sites for hydroxylation is 1. The van der Waals surface area contributed by atoms with E-state index in [4.69, 9.17) is 9.47 Å². The number of nitrogens with zero attached hydrogens (tertiary/aromatic N) is 3. The smallest absolute Gasteiger partial charge is 0.326 e. The van der Waals surface area contributed by atoms with E-state index in [1.165, 1.54) is 25.3 Å². The first-order valence-corrected chi connectivity index (χ1v) is 8.59. The van der Waals surface area contributed by atoms with E-state index in [1.54, 1.807) is 11.5 Å². The summed E-state index contributed by atoms with van der Waals surface area (Å²) in [5.74, 6) is -0.369. The van der Waals surface area contributed by atoms with Crippen molar-refractivity contribution >= 4 is 34.3 Å². The van der Waals surface area contributed by atoms with E-state index in [2.05, 4.69) is 10.3 Å². The van der Waals surface area contributed by atoms with Crippen LogP contribution in [0.3, 0.4) is 0 Å². The SMILES string of the molecule is COc1ccc([N+](=O)[O-])cc1NC(=O)COC(=O)Cn1c(C)nc2ccccc21. The molecule has 2 aromatic carbocycles. The Balaban J connectivity index is 1.62. The van der Waals surface area contributed by atoms with Crippen molar-refractivity contribution in [3.8, 4) is 5.75 Å². The molecule has 1 N–H and O–H groups in total. The molecule has 3 aromatic rings. The number of carbonyl (C=O) groups excluding carboxylic acids is 2. The summed E-state index contributed by atoms with van der Waals surface area (Å²) in [5, 5.41) is 13.3. The molecule has 1 aromatic heterocycles. The van der Waals surface area contributed by atoms with Gasteiger partial charge in [-0.15, -0.1) is 0 Å². The summed E-state index contributed by atoms with van der Waals surface area (Å²) in [7, 11) is 1.37. The van der Waals surface area contributed by atoms with Gasteiger partial charge in [0.05, 0.1) is 28.8 Å². The number of amides is 1. The van der Waals surface area contributed by atoms with Crippen LogP contribution in [-0.2, 0) is 20.9 Å². The Kier molecular flexibility index (Phi) is 5.72. The van der Waals surface area contributed by atoms with Crippen LogP contribution in [-0.4, -0.2) is 40.1 Å². The molecule has 0 aliphatic heterocycles. The first kappa shape index (κ1) is 19.8. The number of fused-ring (bicyclic) bond motifs is 1.